The maximum atomic E-state index is 8.90. The molecule has 0 radical (unpaired) electrons. The molecule has 4 heteroatoms. The van der Waals surface area contributed by atoms with E-state index in [1.165, 1.54) is 0 Å². The predicted molar refractivity (Wildman–Crippen MR) is 79.4 cm³/mol. The van der Waals surface area contributed by atoms with Crippen LogP contribution in [0.5, 0.6) is 0 Å². The van der Waals surface area contributed by atoms with E-state index in [-0.39, 0.29) is 12.0 Å². The Labute approximate surface area is 116 Å². The van der Waals surface area contributed by atoms with Gasteiger partial charge in [-0.05, 0) is 37.2 Å². The van der Waals surface area contributed by atoms with Crippen LogP contribution >= 0.6 is 0 Å². The molecule has 0 amide bonds. The molecule has 1 heterocycles. The average Bonchev–Trinajstić information content (AvgIpc) is 2.33. The van der Waals surface area contributed by atoms with E-state index in [1.807, 2.05) is 13.0 Å². The molecule has 0 spiro atoms. The summed E-state index contributed by atoms with van der Waals surface area (Å²) in [5.74, 6) is 1.12. The van der Waals surface area contributed by atoms with Crippen molar-refractivity contribution in [2.24, 2.45) is 5.41 Å². The fourth-order valence-electron chi connectivity index (χ4n) is 1.93. The molecule has 4 nitrogen and oxygen atoms in total. The van der Waals surface area contributed by atoms with E-state index in [2.05, 4.69) is 43.0 Å². The summed E-state index contributed by atoms with van der Waals surface area (Å²) in [6, 6.07) is 2.03. The van der Waals surface area contributed by atoms with Crippen LogP contribution in [-0.4, -0.2) is 28.2 Å². The Morgan fingerprint density at radius 2 is 2.00 bits per heavy atom. The van der Waals surface area contributed by atoms with Crippen molar-refractivity contribution in [1.82, 2.24) is 9.97 Å². The normalized spacial score (nSPS) is 11.9. The quantitative estimate of drug-likeness (QED) is 0.795. The lowest BCUT2D eigenvalue weighted by molar-refractivity contribution is 0.247. The third kappa shape index (κ3) is 5.55. The van der Waals surface area contributed by atoms with Crippen LogP contribution in [-0.2, 0) is 0 Å². The minimum atomic E-state index is 0.133. The highest BCUT2D eigenvalue weighted by atomic mass is 16.2. The van der Waals surface area contributed by atoms with Gasteiger partial charge in [-0.3, -0.25) is 0 Å². The van der Waals surface area contributed by atoms with Gasteiger partial charge in [0.05, 0.1) is 0 Å². The molecule has 108 valence electrons. The molecule has 0 saturated heterocycles. The highest BCUT2D eigenvalue weighted by molar-refractivity contribution is 5.29. The van der Waals surface area contributed by atoms with Gasteiger partial charge in [-0.1, -0.05) is 27.7 Å². The number of aliphatic hydroxyl groups is 1. The lowest BCUT2D eigenvalue weighted by atomic mass is 9.88. The fraction of sp³-hybridized carbons (Fsp3) is 0.733. The number of rotatable bonds is 7. The van der Waals surface area contributed by atoms with Gasteiger partial charge in [0.25, 0.3) is 0 Å². The van der Waals surface area contributed by atoms with E-state index >= 15 is 0 Å². The van der Waals surface area contributed by atoms with Crippen LogP contribution in [0.2, 0.25) is 0 Å². The third-order valence-corrected chi connectivity index (χ3v) is 3.20. The van der Waals surface area contributed by atoms with E-state index in [4.69, 9.17) is 5.11 Å². The monoisotopic (exact) mass is 265 g/mol. The van der Waals surface area contributed by atoms with Crippen molar-refractivity contribution in [3.8, 4) is 0 Å². The van der Waals surface area contributed by atoms with Crippen LogP contribution in [0.25, 0.3) is 0 Å². The molecule has 0 saturated carbocycles. The summed E-state index contributed by atoms with van der Waals surface area (Å²) in [4.78, 5) is 8.97. The summed E-state index contributed by atoms with van der Waals surface area (Å²) in [6.07, 6.45) is 1.82. The zero-order chi connectivity index (χ0) is 14.5. The molecular weight excluding hydrogens is 238 g/mol. The second-order valence-electron chi connectivity index (χ2n) is 6.26. The Morgan fingerprint density at radius 3 is 2.58 bits per heavy atom. The van der Waals surface area contributed by atoms with E-state index in [0.717, 1.165) is 30.8 Å². The molecule has 2 N–H and O–H groups in total. The van der Waals surface area contributed by atoms with Gasteiger partial charge in [0, 0.05) is 24.5 Å². The molecule has 0 bridgehead atoms. The molecule has 1 aromatic heterocycles. The maximum absolute atomic E-state index is 8.90. The van der Waals surface area contributed by atoms with Crippen molar-refractivity contribution in [2.45, 2.75) is 53.4 Å². The Balaban J connectivity index is 2.67. The van der Waals surface area contributed by atoms with Crippen LogP contribution in [0.1, 0.15) is 57.8 Å². The summed E-state index contributed by atoms with van der Waals surface area (Å²) in [5, 5.41) is 12.2. The molecule has 0 aliphatic carbocycles. The molecule has 0 atom stereocenters. The van der Waals surface area contributed by atoms with Gasteiger partial charge in [0.15, 0.2) is 0 Å². The Kier molecular flexibility index (Phi) is 5.73. The maximum Gasteiger partial charge on any atom is 0.223 e. The first-order chi connectivity index (χ1) is 8.84. The number of nitrogens with one attached hydrogen (secondary N) is 1. The Bertz CT molecular complexity index is 402. The number of hydrogen-bond acceptors (Lipinski definition) is 4. The van der Waals surface area contributed by atoms with Crippen LogP contribution in [0.15, 0.2) is 6.07 Å². The summed E-state index contributed by atoms with van der Waals surface area (Å²) < 4.78 is 0. The standard InChI is InChI=1S/C15H27N3O/c1-11(2)13-9-12(3)17-14(18-13)16-10-15(4,5)7-6-8-19/h9,11,19H,6-8,10H2,1-5H3,(H,16,17,18). The number of aromatic nitrogens is 2. The molecule has 0 aliphatic heterocycles. The van der Waals surface area contributed by atoms with Crippen molar-refractivity contribution >= 4 is 5.95 Å². The lowest BCUT2D eigenvalue weighted by Crippen LogP contribution is -2.24. The van der Waals surface area contributed by atoms with Crippen molar-refractivity contribution in [1.29, 1.82) is 0 Å². The fourth-order valence-corrected chi connectivity index (χ4v) is 1.93. The van der Waals surface area contributed by atoms with Gasteiger partial charge in [-0.2, -0.15) is 0 Å². The number of aryl methyl sites for hydroxylation is 1. The van der Waals surface area contributed by atoms with Crippen molar-refractivity contribution < 1.29 is 5.11 Å². The first kappa shape index (κ1) is 15.9. The summed E-state index contributed by atoms with van der Waals surface area (Å²) >= 11 is 0. The first-order valence-electron chi connectivity index (χ1n) is 7.04. The predicted octanol–water partition coefficient (Wildman–Crippen LogP) is 3.12. The molecule has 1 aromatic rings. The van der Waals surface area contributed by atoms with Crippen molar-refractivity contribution in [3.05, 3.63) is 17.5 Å². The number of anilines is 1. The van der Waals surface area contributed by atoms with Crippen LogP contribution in [0, 0.1) is 12.3 Å². The SMILES string of the molecule is Cc1cc(C(C)C)nc(NCC(C)(C)CCCO)n1. The summed E-state index contributed by atoms with van der Waals surface area (Å²) in [6.45, 7) is 11.7. The van der Waals surface area contributed by atoms with E-state index in [0.29, 0.717) is 11.9 Å². The highest BCUT2D eigenvalue weighted by Crippen LogP contribution is 2.22. The number of hydrogen-bond donors (Lipinski definition) is 2. The molecule has 0 aromatic carbocycles. The molecule has 1 rings (SSSR count). The summed E-state index contributed by atoms with van der Waals surface area (Å²) in [5.41, 5.74) is 2.20. The minimum Gasteiger partial charge on any atom is -0.396 e. The zero-order valence-corrected chi connectivity index (χ0v) is 12.8. The minimum absolute atomic E-state index is 0.133. The van der Waals surface area contributed by atoms with E-state index in [1.54, 1.807) is 0 Å². The second kappa shape index (κ2) is 6.85. The van der Waals surface area contributed by atoms with Gasteiger partial charge in [-0.25, -0.2) is 9.97 Å². The number of aliphatic hydroxyl groups excluding tert-OH is 1. The zero-order valence-electron chi connectivity index (χ0n) is 12.8. The van der Waals surface area contributed by atoms with Gasteiger partial charge < -0.3 is 10.4 Å². The van der Waals surface area contributed by atoms with Crippen LogP contribution in [0.3, 0.4) is 0 Å². The van der Waals surface area contributed by atoms with E-state index in [9.17, 15) is 0 Å². The largest absolute Gasteiger partial charge is 0.396 e. The smallest absolute Gasteiger partial charge is 0.223 e. The second-order valence-corrected chi connectivity index (χ2v) is 6.26. The lowest BCUT2D eigenvalue weighted by Gasteiger charge is -2.24. The van der Waals surface area contributed by atoms with Gasteiger partial charge in [0.2, 0.25) is 5.95 Å². The molecule has 0 fully saturated rings. The topological polar surface area (TPSA) is 58.0 Å². The third-order valence-electron chi connectivity index (χ3n) is 3.20. The van der Waals surface area contributed by atoms with Crippen molar-refractivity contribution in [2.75, 3.05) is 18.5 Å². The Morgan fingerprint density at radius 1 is 1.32 bits per heavy atom. The molecule has 19 heavy (non-hydrogen) atoms. The summed E-state index contributed by atoms with van der Waals surface area (Å²) in [7, 11) is 0. The van der Waals surface area contributed by atoms with Crippen LogP contribution < -0.4 is 5.32 Å². The number of nitrogens with zero attached hydrogens (tertiary/aromatic N) is 2. The molecular formula is C15H27N3O. The highest BCUT2D eigenvalue weighted by Gasteiger charge is 2.17. The van der Waals surface area contributed by atoms with Gasteiger partial charge in [0.1, 0.15) is 0 Å². The van der Waals surface area contributed by atoms with Gasteiger partial charge >= 0.3 is 0 Å². The van der Waals surface area contributed by atoms with Crippen LogP contribution in [0.4, 0.5) is 5.95 Å². The van der Waals surface area contributed by atoms with E-state index < -0.39 is 0 Å². The molecule has 0 unspecified atom stereocenters. The average molecular weight is 265 g/mol. The van der Waals surface area contributed by atoms with Gasteiger partial charge in [-0.15, -0.1) is 0 Å². The first-order valence-corrected chi connectivity index (χ1v) is 7.04. The Hall–Kier alpha value is -1.16. The molecule has 0 aliphatic rings. The van der Waals surface area contributed by atoms with Crippen molar-refractivity contribution in [3.63, 3.8) is 0 Å².